The van der Waals surface area contributed by atoms with Gasteiger partial charge in [0.25, 0.3) is 0 Å². The second-order valence-electron chi connectivity index (χ2n) is 3.63. The molecule has 0 aliphatic heterocycles. The zero-order chi connectivity index (χ0) is 12.0. The first-order valence-electron chi connectivity index (χ1n) is 5.34. The van der Waals surface area contributed by atoms with Crippen LogP contribution in [0.2, 0.25) is 0 Å². The van der Waals surface area contributed by atoms with Crippen LogP contribution in [0.15, 0.2) is 24.3 Å². The summed E-state index contributed by atoms with van der Waals surface area (Å²) in [5.41, 5.74) is 1.05. The van der Waals surface area contributed by atoms with Crippen molar-refractivity contribution in [1.29, 1.82) is 0 Å². The summed E-state index contributed by atoms with van der Waals surface area (Å²) < 4.78 is 0. The predicted octanol–water partition coefficient (Wildman–Crippen LogP) is 1.25. The molecule has 4 heteroatoms. The SMILES string of the molecule is CCC(CO)NCc1ccccc1C(=O)O. The quantitative estimate of drug-likeness (QED) is 0.678. The third-order valence-corrected chi connectivity index (χ3v) is 2.54. The van der Waals surface area contributed by atoms with Crippen LogP contribution in [0, 0.1) is 0 Å². The number of carbonyl (C=O) groups is 1. The summed E-state index contributed by atoms with van der Waals surface area (Å²) in [4.78, 5) is 10.9. The molecule has 0 spiro atoms. The zero-order valence-electron chi connectivity index (χ0n) is 9.31. The smallest absolute Gasteiger partial charge is 0.336 e. The van der Waals surface area contributed by atoms with E-state index in [1.54, 1.807) is 18.2 Å². The number of hydrogen-bond acceptors (Lipinski definition) is 3. The molecule has 1 atom stereocenters. The highest BCUT2D eigenvalue weighted by atomic mass is 16.4. The number of carboxylic acids is 1. The molecular formula is C12H17NO3. The van der Waals surface area contributed by atoms with Crippen molar-refractivity contribution >= 4 is 5.97 Å². The molecule has 4 nitrogen and oxygen atoms in total. The van der Waals surface area contributed by atoms with E-state index in [0.717, 1.165) is 12.0 Å². The maximum Gasteiger partial charge on any atom is 0.336 e. The zero-order valence-corrected chi connectivity index (χ0v) is 9.31. The Bertz CT molecular complexity index is 348. The highest BCUT2D eigenvalue weighted by Crippen LogP contribution is 2.08. The van der Waals surface area contributed by atoms with E-state index in [-0.39, 0.29) is 12.6 Å². The molecule has 0 fully saturated rings. The highest BCUT2D eigenvalue weighted by molar-refractivity contribution is 5.89. The molecule has 88 valence electrons. The molecule has 1 aromatic carbocycles. The van der Waals surface area contributed by atoms with Crippen LogP contribution in [0.1, 0.15) is 29.3 Å². The topological polar surface area (TPSA) is 69.6 Å². The molecule has 1 rings (SSSR count). The average Bonchev–Trinajstić information content (AvgIpc) is 2.30. The Hall–Kier alpha value is -1.39. The minimum Gasteiger partial charge on any atom is -0.478 e. The molecule has 0 radical (unpaired) electrons. The molecule has 0 aromatic heterocycles. The molecule has 0 aliphatic carbocycles. The standard InChI is InChI=1S/C12H17NO3/c1-2-10(8-14)13-7-9-5-3-4-6-11(9)12(15)16/h3-6,10,13-14H,2,7-8H2,1H3,(H,15,16). The minimum absolute atomic E-state index is 0.0156. The molecule has 1 unspecified atom stereocenters. The van der Waals surface area contributed by atoms with Crippen molar-refractivity contribution in [2.45, 2.75) is 25.9 Å². The first-order chi connectivity index (χ1) is 7.69. The predicted molar refractivity (Wildman–Crippen MR) is 61.4 cm³/mol. The van der Waals surface area contributed by atoms with E-state index < -0.39 is 5.97 Å². The third-order valence-electron chi connectivity index (χ3n) is 2.54. The van der Waals surface area contributed by atoms with E-state index >= 15 is 0 Å². The summed E-state index contributed by atoms with van der Waals surface area (Å²) in [5.74, 6) is -0.922. The van der Waals surface area contributed by atoms with Crippen molar-refractivity contribution < 1.29 is 15.0 Å². The molecule has 1 aromatic rings. The maximum atomic E-state index is 10.9. The lowest BCUT2D eigenvalue weighted by Crippen LogP contribution is -2.31. The third kappa shape index (κ3) is 3.32. The van der Waals surface area contributed by atoms with Crippen LogP contribution in [-0.2, 0) is 6.54 Å². The van der Waals surface area contributed by atoms with Crippen LogP contribution >= 0.6 is 0 Å². The summed E-state index contributed by atoms with van der Waals surface area (Å²) in [7, 11) is 0. The van der Waals surface area contributed by atoms with Crippen LogP contribution in [0.5, 0.6) is 0 Å². The lowest BCUT2D eigenvalue weighted by atomic mass is 10.1. The first kappa shape index (κ1) is 12.7. The molecule has 16 heavy (non-hydrogen) atoms. The Morgan fingerprint density at radius 3 is 2.69 bits per heavy atom. The van der Waals surface area contributed by atoms with E-state index in [1.165, 1.54) is 0 Å². The summed E-state index contributed by atoms with van der Waals surface area (Å²) >= 11 is 0. The molecule has 0 aliphatic rings. The Kier molecular flexibility index (Phi) is 4.95. The molecule has 0 saturated heterocycles. The number of aliphatic hydroxyl groups is 1. The van der Waals surface area contributed by atoms with Gasteiger partial charge in [-0.1, -0.05) is 25.1 Å². The second kappa shape index (κ2) is 6.25. The van der Waals surface area contributed by atoms with Crippen LogP contribution in [0.25, 0.3) is 0 Å². The Morgan fingerprint density at radius 2 is 2.12 bits per heavy atom. The molecule has 3 N–H and O–H groups in total. The van der Waals surface area contributed by atoms with Crippen LogP contribution in [0.3, 0.4) is 0 Å². The minimum atomic E-state index is -0.922. The summed E-state index contributed by atoms with van der Waals surface area (Å²) in [6.07, 6.45) is 0.811. The van der Waals surface area contributed by atoms with Crippen molar-refractivity contribution in [3.8, 4) is 0 Å². The van der Waals surface area contributed by atoms with Gasteiger partial charge in [-0.15, -0.1) is 0 Å². The lowest BCUT2D eigenvalue weighted by molar-refractivity contribution is 0.0695. The number of aliphatic hydroxyl groups excluding tert-OH is 1. The van der Waals surface area contributed by atoms with Crippen molar-refractivity contribution in [3.63, 3.8) is 0 Å². The second-order valence-corrected chi connectivity index (χ2v) is 3.63. The molecular weight excluding hydrogens is 206 g/mol. The summed E-state index contributed by atoms with van der Waals surface area (Å²) in [5, 5.41) is 21.1. The van der Waals surface area contributed by atoms with Crippen LogP contribution < -0.4 is 5.32 Å². The number of aromatic carboxylic acids is 1. The number of nitrogens with one attached hydrogen (secondary N) is 1. The van der Waals surface area contributed by atoms with Gasteiger partial charge in [0.2, 0.25) is 0 Å². The normalized spacial score (nSPS) is 12.4. The van der Waals surface area contributed by atoms with Crippen molar-refractivity contribution in [1.82, 2.24) is 5.32 Å². The van der Waals surface area contributed by atoms with Gasteiger partial charge in [-0.05, 0) is 18.1 Å². The molecule has 0 amide bonds. The summed E-state index contributed by atoms with van der Waals surface area (Å²) in [6.45, 7) is 2.49. The molecule has 0 saturated carbocycles. The highest BCUT2D eigenvalue weighted by Gasteiger charge is 2.10. The fourth-order valence-electron chi connectivity index (χ4n) is 1.48. The largest absolute Gasteiger partial charge is 0.478 e. The van der Waals surface area contributed by atoms with Crippen LogP contribution in [0.4, 0.5) is 0 Å². The summed E-state index contributed by atoms with van der Waals surface area (Å²) in [6, 6.07) is 6.89. The van der Waals surface area contributed by atoms with Gasteiger partial charge in [-0.2, -0.15) is 0 Å². The van der Waals surface area contributed by atoms with Gasteiger partial charge < -0.3 is 15.5 Å². The number of benzene rings is 1. The number of carboxylic acid groups (broad SMARTS) is 1. The molecule has 0 heterocycles. The van der Waals surface area contributed by atoms with Crippen molar-refractivity contribution in [3.05, 3.63) is 35.4 Å². The van der Waals surface area contributed by atoms with E-state index in [4.69, 9.17) is 10.2 Å². The average molecular weight is 223 g/mol. The fourth-order valence-corrected chi connectivity index (χ4v) is 1.48. The van der Waals surface area contributed by atoms with E-state index in [0.29, 0.717) is 12.1 Å². The van der Waals surface area contributed by atoms with Gasteiger partial charge in [-0.25, -0.2) is 4.79 Å². The van der Waals surface area contributed by atoms with Gasteiger partial charge in [0.1, 0.15) is 0 Å². The van der Waals surface area contributed by atoms with E-state index in [1.807, 2.05) is 13.0 Å². The van der Waals surface area contributed by atoms with E-state index in [2.05, 4.69) is 5.32 Å². The molecule has 0 bridgehead atoms. The maximum absolute atomic E-state index is 10.9. The van der Waals surface area contributed by atoms with Crippen molar-refractivity contribution in [2.75, 3.05) is 6.61 Å². The van der Waals surface area contributed by atoms with Crippen LogP contribution in [-0.4, -0.2) is 28.8 Å². The van der Waals surface area contributed by atoms with Gasteiger partial charge >= 0.3 is 5.97 Å². The Labute approximate surface area is 94.9 Å². The Balaban J connectivity index is 2.69. The fraction of sp³-hybridized carbons (Fsp3) is 0.417. The monoisotopic (exact) mass is 223 g/mol. The number of hydrogen-bond donors (Lipinski definition) is 3. The Morgan fingerprint density at radius 1 is 1.44 bits per heavy atom. The number of rotatable bonds is 6. The van der Waals surface area contributed by atoms with Gasteiger partial charge in [0.15, 0.2) is 0 Å². The van der Waals surface area contributed by atoms with Gasteiger partial charge in [-0.3, -0.25) is 0 Å². The van der Waals surface area contributed by atoms with Crippen molar-refractivity contribution in [2.24, 2.45) is 0 Å². The first-order valence-corrected chi connectivity index (χ1v) is 5.34. The van der Waals surface area contributed by atoms with Gasteiger partial charge in [0.05, 0.1) is 12.2 Å². The van der Waals surface area contributed by atoms with E-state index in [9.17, 15) is 4.79 Å². The van der Waals surface area contributed by atoms with Gasteiger partial charge in [0, 0.05) is 12.6 Å². The lowest BCUT2D eigenvalue weighted by Gasteiger charge is -2.14.